The molecule has 0 bridgehead atoms. The van der Waals surface area contributed by atoms with Gasteiger partial charge in [-0.15, -0.1) is 0 Å². The van der Waals surface area contributed by atoms with Crippen LogP contribution in [0.25, 0.3) is 17.0 Å². The first kappa shape index (κ1) is 21.4. The molecule has 0 aliphatic heterocycles. The Balaban J connectivity index is 1.39. The summed E-state index contributed by atoms with van der Waals surface area (Å²) >= 11 is 0. The maximum Gasteiger partial charge on any atom is 0.244 e. The average Bonchev–Trinajstić information content (AvgIpc) is 3.60. The lowest BCUT2D eigenvalue weighted by atomic mass is 10.1. The van der Waals surface area contributed by atoms with Gasteiger partial charge in [-0.05, 0) is 49.6 Å². The zero-order valence-electron chi connectivity index (χ0n) is 18.0. The van der Waals surface area contributed by atoms with Crippen LogP contribution >= 0.6 is 0 Å². The summed E-state index contributed by atoms with van der Waals surface area (Å²) in [5, 5.41) is 15.8. The van der Waals surface area contributed by atoms with Crippen molar-refractivity contribution in [2.75, 3.05) is 5.32 Å². The minimum atomic E-state index is -0.183. The zero-order valence-corrected chi connectivity index (χ0v) is 18.0. The lowest BCUT2D eigenvalue weighted by Gasteiger charge is -2.14. The van der Waals surface area contributed by atoms with Crippen molar-refractivity contribution in [1.29, 1.82) is 5.26 Å². The number of nitrogens with zero attached hydrogens (tertiary/aromatic N) is 2. The number of rotatable bonds is 8. The fourth-order valence-electron chi connectivity index (χ4n) is 3.72. The third-order valence-corrected chi connectivity index (χ3v) is 5.68. The molecular formula is C26H26N4O2. The van der Waals surface area contributed by atoms with Crippen LogP contribution in [0.1, 0.15) is 43.4 Å². The smallest absolute Gasteiger partial charge is 0.244 e. The van der Waals surface area contributed by atoms with Crippen molar-refractivity contribution >= 4 is 34.5 Å². The number of nitriles is 1. The van der Waals surface area contributed by atoms with Crippen LogP contribution in [0.15, 0.2) is 60.8 Å². The molecule has 1 atom stereocenters. The molecule has 4 rings (SSSR count). The van der Waals surface area contributed by atoms with E-state index >= 15 is 0 Å². The summed E-state index contributed by atoms with van der Waals surface area (Å²) in [6.07, 6.45) is 7.70. The summed E-state index contributed by atoms with van der Waals surface area (Å²) < 4.78 is 2.04. The van der Waals surface area contributed by atoms with Gasteiger partial charge in [-0.1, -0.05) is 30.3 Å². The maximum atomic E-state index is 12.5. The molecule has 1 saturated carbocycles. The minimum Gasteiger partial charge on any atom is -0.346 e. The number of fused-ring (bicyclic) bond motifs is 1. The van der Waals surface area contributed by atoms with Crippen LogP contribution in [0.5, 0.6) is 0 Å². The summed E-state index contributed by atoms with van der Waals surface area (Å²) in [7, 11) is 0. The van der Waals surface area contributed by atoms with Crippen molar-refractivity contribution < 1.29 is 9.59 Å². The summed E-state index contributed by atoms with van der Waals surface area (Å²) in [5.41, 5.74) is 3.73. The van der Waals surface area contributed by atoms with E-state index in [2.05, 4.69) is 16.7 Å². The monoisotopic (exact) mass is 426 g/mol. The Morgan fingerprint density at radius 2 is 1.94 bits per heavy atom. The third-order valence-electron chi connectivity index (χ3n) is 5.68. The molecular weight excluding hydrogens is 400 g/mol. The predicted octanol–water partition coefficient (Wildman–Crippen LogP) is 4.79. The molecule has 2 aromatic carbocycles. The van der Waals surface area contributed by atoms with E-state index < -0.39 is 0 Å². The van der Waals surface area contributed by atoms with Gasteiger partial charge in [0.25, 0.3) is 0 Å². The lowest BCUT2D eigenvalue weighted by molar-refractivity contribution is -0.118. The van der Waals surface area contributed by atoms with Gasteiger partial charge >= 0.3 is 0 Å². The van der Waals surface area contributed by atoms with Gasteiger partial charge in [0, 0.05) is 46.9 Å². The molecule has 6 heteroatoms. The molecule has 1 aliphatic carbocycles. The number of para-hydroxylation sites is 1. The topological polar surface area (TPSA) is 86.9 Å². The van der Waals surface area contributed by atoms with Gasteiger partial charge in [-0.25, -0.2) is 0 Å². The van der Waals surface area contributed by atoms with E-state index in [1.165, 1.54) is 6.08 Å². The van der Waals surface area contributed by atoms with E-state index in [1.807, 2.05) is 72.3 Å². The zero-order chi connectivity index (χ0) is 22.5. The Kier molecular flexibility index (Phi) is 6.37. The Hall–Kier alpha value is -3.85. The van der Waals surface area contributed by atoms with Crippen LogP contribution in [-0.2, 0) is 16.1 Å². The molecule has 1 aromatic heterocycles. The van der Waals surface area contributed by atoms with E-state index in [0.717, 1.165) is 40.6 Å². The molecule has 1 heterocycles. The molecule has 0 radical (unpaired) electrons. The maximum absolute atomic E-state index is 12.5. The molecule has 0 spiro atoms. The van der Waals surface area contributed by atoms with Gasteiger partial charge in [0.1, 0.15) is 0 Å². The second-order valence-corrected chi connectivity index (χ2v) is 8.15. The van der Waals surface area contributed by atoms with E-state index in [-0.39, 0.29) is 23.8 Å². The van der Waals surface area contributed by atoms with Gasteiger partial charge in [-0.2, -0.15) is 5.26 Å². The molecule has 3 aromatic rings. The number of aromatic nitrogens is 1. The second-order valence-electron chi connectivity index (χ2n) is 8.15. The van der Waals surface area contributed by atoms with Crippen LogP contribution in [-0.4, -0.2) is 16.4 Å². The quantitative estimate of drug-likeness (QED) is 0.508. The Bertz CT molecular complexity index is 1200. The van der Waals surface area contributed by atoms with Crippen LogP contribution in [0, 0.1) is 17.2 Å². The number of hydrogen-bond donors (Lipinski definition) is 2. The molecule has 2 amide bonds. The van der Waals surface area contributed by atoms with E-state index in [9.17, 15) is 9.59 Å². The van der Waals surface area contributed by atoms with Crippen molar-refractivity contribution in [1.82, 2.24) is 9.88 Å². The summed E-state index contributed by atoms with van der Waals surface area (Å²) in [4.78, 5) is 24.4. The van der Waals surface area contributed by atoms with Crippen molar-refractivity contribution in [3.63, 3.8) is 0 Å². The number of nitrogens with one attached hydrogen (secondary N) is 2. The standard InChI is InChI=1S/C26H26N4O2/c1-18(19-9-12-22(13-10-19)29-26(32)20-7-8-20)28-25(31)14-11-21-17-30(16-4-15-27)24-6-3-2-5-23(21)24/h2-3,5-6,9-14,17-18,20H,4,7-8,16H2,1H3,(H,28,31)(H,29,32)/b14-11+. The van der Waals surface area contributed by atoms with Crippen LogP contribution in [0.3, 0.4) is 0 Å². The van der Waals surface area contributed by atoms with Gasteiger partial charge in [-0.3, -0.25) is 9.59 Å². The number of carbonyl (C=O) groups is 2. The first-order valence-electron chi connectivity index (χ1n) is 10.9. The number of anilines is 1. The molecule has 2 N–H and O–H groups in total. The Labute approximate surface area is 187 Å². The second kappa shape index (κ2) is 9.52. The van der Waals surface area contributed by atoms with Crippen LogP contribution in [0.4, 0.5) is 5.69 Å². The van der Waals surface area contributed by atoms with Crippen LogP contribution < -0.4 is 10.6 Å². The Morgan fingerprint density at radius 1 is 1.19 bits per heavy atom. The molecule has 1 aliphatic rings. The molecule has 1 unspecified atom stereocenters. The summed E-state index contributed by atoms with van der Waals surface area (Å²) in [6, 6.07) is 17.5. The SMILES string of the molecule is CC(NC(=O)/C=C/c1cn(CCC#N)c2ccccc12)c1ccc(NC(=O)C2CC2)cc1. The number of amides is 2. The minimum absolute atomic E-state index is 0.0817. The lowest BCUT2D eigenvalue weighted by Crippen LogP contribution is -2.24. The number of aryl methyl sites for hydroxylation is 1. The molecule has 6 nitrogen and oxygen atoms in total. The molecule has 32 heavy (non-hydrogen) atoms. The average molecular weight is 427 g/mol. The van der Waals surface area contributed by atoms with E-state index in [0.29, 0.717) is 13.0 Å². The van der Waals surface area contributed by atoms with Gasteiger partial charge in [0.05, 0.1) is 18.5 Å². The molecule has 0 saturated heterocycles. The molecule has 1 fully saturated rings. The van der Waals surface area contributed by atoms with Crippen molar-refractivity contribution in [3.05, 3.63) is 71.9 Å². The third kappa shape index (κ3) is 5.06. The summed E-state index contributed by atoms with van der Waals surface area (Å²) in [6.45, 7) is 2.54. The highest BCUT2D eigenvalue weighted by Gasteiger charge is 2.29. The number of carbonyl (C=O) groups excluding carboxylic acids is 2. The molecule has 162 valence electrons. The largest absolute Gasteiger partial charge is 0.346 e. The first-order valence-corrected chi connectivity index (χ1v) is 10.9. The normalized spacial score (nSPS) is 14.2. The van der Waals surface area contributed by atoms with Crippen molar-refractivity contribution in [3.8, 4) is 6.07 Å². The fraction of sp³-hybridized carbons (Fsp3) is 0.269. The van der Waals surface area contributed by atoms with Gasteiger partial charge < -0.3 is 15.2 Å². The number of benzene rings is 2. The highest BCUT2D eigenvalue weighted by molar-refractivity contribution is 5.96. The Morgan fingerprint density at radius 3 is 2.66 bits per heavy atom. The van der Waals surface area contributed by atoms with E-state index in [1.54, 1.807) is 0 Å². The van der Waals surface area contributed by atoms with Gasteiger partial charge in [0.2, 0.25) is 11.8 Å². The fourth-order valence-corrected chi connectivity index (χ4v) is 3.72. The first-order chi connectivity index (χ1) is 15.5. The van der Waals surface area contributed by atoms with Crippen molar-refractivity contribution in [2.45, 2.75) is 38.8 Å². The van der Waals surface area contributed by atoms with Crippen molar-refractivity contribution in [2.24, 2.45) is 5.92 Å². The van der Waals surface area contributed by atoms with Crippen LogP contribution in [0.2, 0.25) is 0 Å². The predicted molar refractivity (Wildman–Crippen MR) is 126 cm³/mol. The highest BCUT2D eigenvalue weighted by atomic mass is 16.2. The van der Waals surface area contributed by atoms with E-state index in [4.69, 9.17) is 5.26 Å². The van der Waals surface area contributed by atoms with Gasteiger partial charge in [0.15, 0.2) is 0 Å². The number of hydrogen-bond acceptors (Lipinski definition) is 3. The summed E-state index contributed by atoms with van der Waals surface area (Å²) in [5.74, 6) is 0.0655. The highest BCUT2D eigenvalue weighted by Crippen LogP contribution is 2.30.